The minimum atomic E-state index is -1.02. The van der Waals surface area contributed by atoms with Gasteiger partial charge in [-0.3, -0.25) is 24.2 Å². The predicted molar refractivity (Wildman–Crippen MR) is 150 cm³/mol. The molecule has 10 nitrogen and oxygen atoms in total. The second kappa shape index (κ2) is 9.90. The van der Waals surface area contributed by atoms with E-state index in [0.717, 1.165) is 4.90 Å². The van der Waals surface area contributed by atoms with Crippen molar-refractivity contribution in [2.75, 3.05) is 42.8 Å². The summed E-state index contributed by atoms with van der Waals surface area (Å²) >= 11 is 1.99. The number of halogens is 2. The number of carbonyl (C=O) groups is 4. The lowest BCUT2D eigenvalue weighted by atomic mass is 9.87. The maximum atomic E-state index is 14.8. The van der Waals surface area contributed by atoms with Gasteiger partial charge < -0.3 is 20.3 Å². The molecule has 2 saturated heterocycles. The van der Waals surface area contributed by atoms with E-state index in [2.05, 4.69) is 10.6 Å². The number of rotatable bonds is 5. The van der Waals surface area contributed by atoms with Gasteiger partial charge in [-0.15, -0.1) is 0 Å². The Morgan fingerprint density at radius 1 is 1.13 bits per heavy atom. The van der Waals surface area contributed by atoms with Crippen LogP contribution in [0, 0.1) is 20.7 Å². The highest BCUT2D eigenvalue weighted by Gasteiger charge is 2.52. The summed E-state index contributed by atoms with van der Waals surface area (Å²) in [4.78, 5) is 56.8. The van der Waals surface area contributed by atoms with Crippen molar-refractivity contribution < 1.29 is 28.3 Å². The fourth-order valence-electron chi connectivity index (χ4n) is 4.96. The third-order valence-corrected chi connectivity index (χ3v) is 8.03. The highest BCUT2D eigenvalue weighted by atomic mass is 127. The van der Waals surface area contributed by atoms with Gasteiger partial charge in [0.2, 0.25) is 11.8 Å². The van der Waals surface area contributed by atoms with Crippen LogP contribution in [0.4, 0.5) is 26.2 Å². The zero-order valence-corrected chi connectivity index (χ0v) is 23.9. The molecule has 0 aliphatic carbocycles. The number of amides is 5. The topological polar surface area (TPSA) is 111 Å². The second-order valence-electron chi connectivity index (χ2n) is 10.2. The summed E-state index contributed by atoms with van der Waals surface area (Å²) in [5, 5.41) is 5.89. The summed E-state index contributed by atoms with van der Waals surface area (Å²) < 4.78 is 20.7. The standard InChI is InChI=1S/C27H27FIN5O5/c1-14-21-20(22(32(3)23(14)35)31-19-9-8-15(29)10-18(19)28)24(36)33(4)26(38)34(21)17-7-5-6-16(11-17)30-25(37)27(2)12-39-13-27/h5-11,20,22,31H,12-13H2,1-4H3,(H,30,37). The number of anilines is 3. The molecule has 2 aromatic carbocycles. The fraction of sp³-hybridized carbons (Fsp3) is 0.333. The zero-order chi connectivity index (χ0) is 28.2. The van der Waals surface area contributed by atoms with Gasteiger partial charge in [0.25, 0.3) is 5.91 Å². The molecule has 5 rings (SSSR count). The van der Waals surface area contributed by atoms with Gasteiger partial charge in [0.05, 0.1) is 35.7 Å². The number of hydrogen-bond acceptors (Lipinski definition) is 6. The first kappa shape index (κ1) is 27.1. The Bertz CT molecular complexity index is 1440. The van der Waals surface area contributed by atoms with Crippen LogP contribution in [0.25, 0.3) is 0 Å². The third-order valence-electron chi connectivity index (χ3n) is 7.35. The molecule has 5 amide bonds. The third kappa shape index (κ3) is 4.54. The van der Waals surface area contributed by atoms with Gasteiger partial charge in [-0.2, -0.15) is 0 Å². The van der Waals surface area contributed by atoms with Crippen LogP contribution in [0.2, 0.25) is 0 Å². The average Bonchev–Trinajstić information content (AvgIpc) is 2.88. The summed E-state index contributed by atoms with van der Waals surface area (Å²) in [6, 6.07) is 10.6. The molecule has 3 aliphatic heterocycles. The molecule has 0 aromatic heterocycles. The van der Waals surface area contributed by atoms with E-state index in [-0.39, 0.29) is 22.9 Å². The lowest BCUT2D eigenvalue weighted by molar-refractivity contribution is -0.152. The van der Waals surface area contributed by atoms with E-state index in [4.69, 9.17) is 4.74 Å². The number of imide groups is 1. The molecule has 2 atom stereocenters. The second-order valence-corrected chi connectivity index (χ2v) is 11.4. The minimum Gasteiger partial charge on any atom is -0.379 e. The highest BCUT2D eigenvalue weighted by Crippen LogP contribution is 2.40. The van der Waals surface area contributed by atoms with Crippen molar-refractivity contribution in [2.24, 2.45) is 11.3 Å². The van der Waals surface area contributed by atoms with Crippen molar-refractivity contribution in [3.63, 3.8) is 0 Å². The Kier molecular flexibility index (Phi) is 6.87. The maximum absolute atomic E-state index is 14.8. The molecule has 2 unspecified atom stereocenters. The quantitative estimate of drug-likeness (QED) is 0.481. The highest BCUT2D eigenvalue weighted by molar-refractivity contribution is 14.1. The SMILES string of the molecule is CC1=C2C(C(=O)N(C)C(=O)N2c2cccc(NC(=O)C3(C)COC3)c2)C(Nc2ccc(I)cc2F)N(C)C1=O. The Morgan fingerprint density at radius 3 is 2.49 bits per heavy atom. The molecule has 3 heterocycles. The Labute approximate surface area is 238 Å². The molecule has 12 heteroatoms. The number of urea groups is 1. The number of benzene rings is 2. The molecule has 0 bridgehead atoms. The van der Waals surface area contributed by atoms with Gasteiger partial charge in [-0.25, -0.2) is 9.18 Å². The van der Waals surface area contributed by atoms with E-state index >= 15 is 0 Å². The summed E-state index contributed by atoms with van der Waals surface area (Å²) in [6.07, 6.45) is -0.974. The van der Waals surface area contributed by atoms with Gasteiger partial charge in [0.1, 0.15) is 17.9 Å². The molecule has 204 valence electrons. The molecule has 2 aromatic rings. The number of nitrogens with one attached hydrogen (secondary N) is 2. The Balaban J connectivity index is 1.55. The van der Waals surface area contributed by atoms with Crippen LogP contribution in [-0.4, -0.2) is 67.0 Å². The van der Waals surface area contributed by atoms with Gasteiger partial charge in [0.15, 0.2) is 0 Å². The van der Waals surface area contributed by atoms with E-state index in [0.29, 0.717) is 28.2 Å². The summed E-state index contributed by atoms with van der Waals surface area (Å²) in [5.74, 6) is -2.71. The van der Waals surface area contributed by atoms with E-state index < -0.39 is 41.2 Å². The molecule has 39 heavy (non-hydrogen) atoms. The van der Waals surface area contributed by atoms with Crippen LogP contribution in [0.3, 0.4) is 0 Å². The van der Waals surface area contributed by atoms with Crippen LogP contribution >= 0.6 is 22.6 Å². The first-order chi connectivity index (χ1) is 18.4. The molecule has 0 saturated carbocycles. The van der Waals surface area contributed by atoms with Gasteiger partial charge in [-0.1, -0.05) is 6.07 Å². The van der Waals surface area contributed by atoms with Crippen LogP contribution in [0.1, 0.15) is 13.8 Å². The minimum absolute atomic E-state index is 0.121. The molecular formula is C27H27FIN5O5. The van der Waals surface area contributed by atoms with Gasteiger partial charge >= 0.3 is 6.03 Å². The van der Waals surface area contributed by atoms with E-state index in [1.807, 2.05) is 22.6 Å². The van der Waals surface area contributed by atoms with Crippen LogP contribution in [-0.2, 0) is 19.1 Å². The number of carbonyl (C=O) groups excluding carboxylic acids is 4. The van der Waals surface area contributed by atoms with Crippen molar-refractivity contribution >= 4 is 63.4 Å². The van der Waals surface area contributed by atoms with Crippen molar-refractivity contribution in [1.29, 1.82) is 0 Å². The van der Waals surface area contributed by atoms with Crippen molar-refractivity contribution in [2.45, 2.75) is 20.0 Å². The van der Waals surface area contributed by atoms with Crippen LogP contribution < -0.4 is 15.5 Å². The molecule has 3 aliphatic rings. The van der Waals surface area contributed by atoms with Crippen LogP contribution in [0.15, 0.2) is 53.7 Å². The number of likely N-dealkylation sites (N-methyl/N-ethyl adjacent to an activating group) is 1. The number of fused-ring (bicyclic) bond motifs is 1. The molecule has 0 spiro atoms. The monoisotopic (exact) mass is 647 g/mol. The number of nitrogens with zero attached hydrogens (tertiary/aromatic N) is 3. The fourth-order valence-corrected chi connectivity index (χ4v) is 5.41. The van der Waals surface area contributed by atoms with Crippen LogP contribution in [0.5, 0.6) is 0 Å². The first-order valence-corrected chi connectivity index (χ1v) is 13.3. The molecule has 2 N–H and O–H groups in total. The predicted octanol–water partition coefficient (Wildman–Crippen LogP) is 3.60. The van der Waals surface area contributed by atoms with E-state index in [9.17, 15) is 23.6 Å². The lowest BCUT2D eigenvalue weighted by Gasteiger charge is -2.48. The summed E-state index contributed by atoms with van der Waals surface area (Å²) in [7, 11) is 2.89. The maximum Gasteiger partial charge on any atom is 0.335 e. The normalized spacial score (nSPS) is 22.5. The van der Waals surface area contributed by atoms with Gasteiger partial charge in [-0.05, 0) is 72.8 Å². The van der Waals surface area contributed by atoms with Crippen molar-refractivity contribution in [3.8, 4) is 0 Å². The lowest BCUT2D eigenvalue weighted by Crippen LogP contribution is -2.64. The van der Waals surface area contributed by atoms with E-state index in [1.54, 1.807) is 50.2 Å². The van der Waals surface area contributed by atoms with E-state index in [1.165, 1.54) is 30.0 Å². The Morgan fingerprint density at radius 2 is 1.85 bits per heavy atom. The molecular weight excluding hydrogens is 620 g/mol. The van der Waals surface area contributed by atoms with Gasteiger partial charge in [0, 0.05) is 28.9 Å². The smallest absolute Gasteiger partial charge is 0.335 e. The summed E-state index contributed by atoms with van der Waals surface area (Å²) in [6.45, 7) is 3.99. The Hall–Kier alpha value is -3.52. The first-order valence-electron chi connectivity index (χ1n) is 12.2. The summed E-state index contributed by atoms with van der Waals surface area (Å²) in [5.41, 5.74) is 0.712. The number of ether oxygens (including phenoxy) is 1. The zero-order valence-electron chi connectivity index (χ0n) is 21.7. The number of hydrogen-bond donors (Lipinski definition) is 2. The molecule has 2 fully saturated rings. The largest absolute Gasteiger partial charge is 0.379 e. The average molecular weight is 647 g/mol. The van der Waals surface area contributed by atoms with Crippen molar-refractivity contribution in [3.05, 3.63) is 63.1 Å². The molecule has 0 radical (unpaired) electrons. The van der Waals surface area contributed by atoms with Crippen molar-refractivity contribution in [1.82, 2.24) is 9.80 Å².